The lowest BCUT2D eigenvalue weighted by Crippen LogP contribution is -2.47. The van der Waals surface area contributed by atoms with Gasteiger partial charge in [0, 0.05) is 12.2 Å². The number of hydrogen-bond acceptors (Lipinski definition) is 4. The van der Waals surface area contributed by atoms with Crippen molar-refractivity contribution < 1.29 is 19.1 Å². The first-order valence-electron chi connectivity index (χ1n) is 9.34. The molecule has 2 aromatic carbocycles. The Kier molecular flexibility index (Phi) is 5.99. The summed E-state index contributed by atoms with van der Waals surface area (Å²) < 4.78 is 11.1. The molecule has 0 bridgehead atoms. The van der Waals surface area contributed by atoms with Gasteiger partial charge in [0.15, 0.2) is 0 Å². The summed E-state index contributed by atoms with van der Waals surface area (Å²) in [6, 6.07) is 15.9. The van der Waals surface area contributed by atoms with Crippen LogP contribution in [-0.4, -0.2) is 30.1 Å². The molecule has 1 aliphatic heterocycles. The van der Waals surface area contributed by atoms with Gasteiger partial charge in [-0.25, -0.2) is 9.59 Å². The van der Waals surface area contributed by atoms with Gasteiger partial charge in [0.25, 0.3) is 0 Å². The lowest BCUT2D eigenvalue weighted by atomic mass is 9.94. The van der Waals surface area contributed by atoms with Crippen molar-refractivity contribution in [3.05, 3.63) is 71.4 Å². The molecule has 1 atom stereocenters. The summed E-state index contributed by atoms with van der Waals surface area (Å²) in [4.78, 5) is 26.7. The van der Waals surface area contributed by atoms with E-state index in [1.165, 1.54) is 4.90 Å². The van der Waals surface area contributed by atoms with Gasteiger partial charge >= 0.3 is 12.0 Å². The standard InChI is InChI=1S/C22H24N2O4/c1-4-24-15(3)19(21(25)27-5-2)20(23-22(24)26)16-10-9-13-18(14-16)28-17-11-7-6-8-12-17/h6-14,20H,4-5H2,1-3H3,(H,23,26). The summed E-state index contributed by atoms with van der Waals surface area (Å²) in [5.74, 6) is 0.899. The molecule has 2 amide bonds. The second kappa shape index (κ2) is 8.61. The third-order valence-electron chi connectivity index (χ3n) is 4.58. The van der Waals surface area contributed by atoms with Gasteiger partial charge < -0.3 is 14.8 Å². The van der Waals surface area contributed by atoms with E-state index in [1.54, 1.807) is 13.8 Å². The summed E-state index contributed by atoms with van der Waals surface area (Å²) in [6.45, 7) is 6.12. The van der Waals surface area contributed by atoms with Crippen LogP contribution < -0.4 is 10.1 Å². The van der Waals surface area contributed by atoms with Gasteiger partial charge in [-0.3, -0.25) is 4.90 Å². The number of nitrogens with one attached hydrogen (secondary N) is 1. The number of allylic oxidation sites excluding steroid dienone is 1. The van der Waals surface area contributed by atoms with E-state index in [0.717, 1.165) is 5.56 Å². The number of urea groups is 1. The molecule has 0 spiro atoms. The van der Waals surface area contributed by atoms with Gasteiger partial charge in [0.2, 0.25) is 0 Å². The molecule has 1 unspecified atom stereocenters. The van der Waals surface area contributed by atoms with Crippen molar-refractivity contribution in [2.45, 2.75) is 26.8 Å². The first kappa shape index (κ1) is 19.5. The second-order valence-electron chi connectivity index (χ2n) is 6.33. The Morgan fingerprint density at radius 3 is 2.46 bits per heavy atom. The van der Waals surface area contributed by atoms with Crippen LogP contribution in [0.4, 0.5) is 4.79 Å². The Morgan fingerprint density at radius 1 is 1.07 bits per heavy atom. The number of carbonyl (C=O) groups excluding carboxylic acids is 2. The Balaban J connectivity index is 1.98. The maximum absolute atomic E-state index is 12.6. The molecule has 6 heteroatoms. The molecule has 0 saturated heterocycles. The van der Waals surface area contributed by atoms with Crippen LogP contribution in [0.25, 0.3) is 0 Å². The van der Waals surface area contributed by atoms with Crippen LogP contribution in [0.3, 0.4) is 0 Å². The maximum Gasteiger partial charge on any atom is 0.338 e. The zero-order chi connectivity index (χ0) is 20.1. The first-order chi connectivity index (χ1) is 13.5. The van der Waals surface area contributed by atoms with Crippen molar-refractivity contribution in [1.82, 2.24) is 10.2 Å². The number of hydrogen-bond donors (Lipinski definition) is 1. The van der Waals surface area contributed by atoms with E-state index in [0.29, 0.717) is 29.3 Å². The molecule has 1 aliphatic rings. The second-order valence-corrected chi connectivity index (χ2v) is 6.33. The van der Waals surface area contributed by atoms with Crippen molar-refractivity contribution in [1.29, 1.82) is 0 Å². The Bertz CT molecular complexity index is 892. The summed E-state index contributed by atoms with van der Waals surface area (Å²) in [6.07, 6.45) is 0. The number of nitrogens with zero attached hydrogens (tertiary/aromatic N) is 1. The number of amides is 2. The molecule has 1 heterocycles. The Labute approximate surface area is 164 Å². The SMILES string of the molecule is CCOC(=O)C1=C(C)N(CC)C(=O)NC1c1cccc(Oc2ccccc2)c1. The van der Waals surface area contributed by atoms with E-state index < -0.39 is 12.0 Å². The molecule has 146 valence electrons. The predicted molar refractivity (Wildman–Crippen MR) is 106 cm³/mol. The van der Waals surface area contributed by atoms with E-state index in [1.807, 2.05) is 61.5 Å². The van der Waals surface area contributed by atoms with Gasteiger partial charge in [-0.2, -0.15) is 0 Å². The van der Waals surface area contributed by atoms with Crippen molar-refractivity contribution in [3.63, 3.8) is 0 Å². The minimum absolute atomic E-state index is 0.243. The molecule has 6 nitrogen and oxygen atoms in total. The zero-order valence-electron chi connectivity index (χ0n) is 16.3. The monoisotopic (exact) mass is 380 g/mol. The highest BCUT2D eigenvalue weighted by Gasteiger charge is 2.35. The van der Waals surface area contributed by atoms with Gasteiger partial charge in [0.1, 0.15) is 11.5 Å². The molecule has 0 aliphatic carbocycles. The zero-order valence-corrected chi connectivity index (χ0v) is 16.3. The van der Waals surface area contributed by atoms with Crippen LogP contribution >= 0.6 is 0 Å². The molecular formula is C22H24N2O4. The molecule has 0 fully saturated rings. The van der Waals surface area contributed by atoms with Crippen LogP contribution in [0.5, 0.6) is 11.5 Å². The van der Waals surface area contributed by atoms with Crippen molar-refractivity contribution in [2.24, 2.45) is 0 Å². The maximum atomic E-state index is 12.6. The van der Waals surface area contributed by atoms with Gasteiger partial charge in [-0.1, -0.05) is 30.3 Å². The third kappa shape index (κ3) is 4.01. The van der Waals surface area contributed by atoms with Crippen LogP contribution in [0, 0.1) is 0 Å². The summed E-state index contributed by atoms with van der Waals surface area (Å²) in [5, 5.41) is 2.92. The van der Waals surface area contributed by atoms with Crippen LogP contribution in [-0.2, 0) is 9.53 Å². The van der Waals surface area contributed by atoms with Crippen molar-refractivity contribution >= 4 is 12.0 Å². The lowest BCUT2D eigenvalue weighted by Gasteiger charge is -2.34. The van der Waals surface area contributed by atoms with Crippen LogP contribution in [0.15, 0.2) is 65.9 Å². The quantitative estimate of drug-likeness (QED) is 0.754. The summed E-state index contributed by atoms with van der Waals surface area (Å²) in [7, 11) is 0. The average molecular weight is 380 g/mol. The van der Waals surface area contributed by atoms with Crippen LogP contribution in [0.1, 0.15) is 32.4 Å². The van der Waals surface area contributed by atoms with E-state index in [9.17, 15) is 9.59 Å². The fourth-order valence-electron chi connectivity index (χ4n) is 3.27. The summed E-state index contributed by atoms with van der Waals surface area (Å²) >= 11 is 0. The normalized spacial score (nSPS) is 16.6. The van der Waals surface area contributed by atoms with E-state index in [2.05, 4.69) is 5.32 Å². The first-order valence-corrected chi connectivity index (χ1v) is 9.34. The summed E-state index contributed by atoms with van der Waals surface area (Å²) in [5.41, 5.74) is 1.78. The molecule has 0 saturated carbocycles. The number of para-hydroxylation sites is 1. The van der Waals surface area contributed by atoms with Crippen molar-refractivity contribution in [2.75, 3.05) is 13.2 Å². The molecular weight excluding hydrogens is 356 g/mol. The number of ether oxygens (including phenoxy) is 2. The van der Waals surface area contributed by atoms with E-state index in [-0.39, 0.29) is 12.6 Å². The molecule has 2 aromatic rings. The Hall–Kier alpha value is -3.28. The van der Waals surface area contributed by atoms with E-state index >= 15 is 0 Å². The van der Waals surface area contributed by atoms with Crippen molar-refractivity contribution in [3.8, 4) is 11.5 Å². The molecule has 0 aromatic heterocycles. The van der Waals surface area contributed by atoms with Crippen LogP contribution in [0.2, 0.25) is 0 Å². The highest BCUT2D eigenvalue weighted by atomic mass is 16.5. The minimum atomic E-state index is -0.603. The highest BCUT2D eigenvalue weighted by Crippen LogP contribution is 2.33. The predicted octanol–water partition coefficient (Wildman–Crippen LogP) is 4.40. The largest absolute Gasteiger partial charge is 0.463 e. The van der Waals surface area contributed by atoms with Gasteiger partial charge in [-0.05, 0) is 50.6 Å². The molecule has 1 N–H and O–H groups in total. The number of benzene rings is 2. The van der Waals surface area contributed by atoms with Gasteiger partial charge in [0.05, 0.1) is 18.2 Å². The van der Waals surface area contributed by atoms with Gasteiger partial charge in [-0.15, -0.1) is 0 Å². The minimum Gasteiger partial charge on any atom is -0.463 e. The number of carbonyl (C=O) groups is 2. The smallest absolute Gasteiger partial charge is 0.338 e. The lowest BCUT2D eigenvalue weighted by molar-refractivity contribution is -0.139. The topological polar surface area (TPSA) is 67.9 Å². The van der Waals surface area contributed by atoms with E-state index in [4.69, 9.17) is 9.47 Å². The fourth-order valence-corrected chi connectivity index (χ4v) is 3.27. The number of rotatable bonds is 6. The Morgan fingerprint density at radius 2 is 1.79 bits per heavy atom. The highest BCUT2D eigenvalue weighted by molar-refractivity contribution is 5.95. The molecule has 3 rings (SSSR count). The average Bonchev–Trinajstić information content (AvgIpc) is 2.69. The molecule has 0 radical (unpaired) electrons. The molecule has 28 heavy (non-hydrogen) atoms. The fraction of sp³-hybridized carbons (Fsp3) is 0.273. The third-order valence-corrected chi connectivity index (χ3v) is 4.58. The number of esters is 1.